The number of pyridine rings is 1. The molecule has 3 heterocycles. The number of aromatic nitrogens is 1. The Balaban J connectivity index is 1.31. The molecule has 5 rings (SSSR count). The molecule has 2 aromatic carbocycles. The lowest BCUT2D eigenvalue weighted by Gasteiger charge is -2.36. The van der Waals surface area contributed by atoms with Gasteiger partial charge in [-0.3, -0.25) is 19.6 Å². The fraction of sp³-hybridized carbons (Fsp3) is 0.200. The van der Waals surface area contributed by atoms with Gasteiger partial charge >= 0.3 is 5.91 Å². The molecular weight excluding hydrogens is 482 g/mol. The summed E-state index contributed by atoms with van der Waals surface area (Å²) < 4.78 is 34.5. The minimum Gasteiger partial charge on any atom is -0.451 e. The number of nitrogens with zero attached hydrogens (tertiary/aromatic N) is 3. The van der Waals surface area contributed by atoms with Crippen molar-refractivity contribution in [3.05, 3.63) is 84.3 Å². The van der Waals surface area contributed by atoms with Gasteiger partial charge in [0.25, 0.3) is 10.0 Å². The van der Waals surface area contributed by atoms with E-state index in [9.17, 15) is 13.2 Å². The second kappa shape index (κ2) is 9.97. The number of fused-ring (bicyclic) bond motifs is 1. The summed E-state index contributed by atoms with van der Waals surface area (Å²) in [5.74, 6) is -0.380. The van der Waals surface area contributed by atoms with E-state index in [1.54, 1.807) is 18.3 Å². The van der Waals surface area contributed by atoms with Gasteiger partial charge in [0, 0.05) is 50.4 Å². The Bertz CT molecular complexity index is 1480. The van der Waals surface area contributed by atoms with E-state index >= 15 is 0 Å². The van der Waals surface area contributed by atoms with E-state index in [1.807, 2.05) is 18.2 Å². The van der Waals surface area contributed by atoms with Crippen molar-refractivity contribution >= 4 is 38.4 Å². The highest BCUT2D eigenvalue weighted by Gasteiger charge is 2.24. The number of rotatable bonds is 7. The van der Waals surface area contributed by atoms with Crippen molar-refractivity contribution in [3.8, 4) is 0 Å². The third-order valence-corrected chi connectivity index (χ3v) is 7.44. The van der Waals surface area contributed by atoms with E-state index in [0.717, 1.165) is 19.6 Å². The molecule has 10 nitrogen and oxygen atoms in total. The van der Waals surface area contributed by atoms with Crippen LogP contribution in [0.5, 0.6) is 0 Å². The molecule has 1 fully saturated rings. The number of carbonyl (C=O) groups excluding carboxylic acids is 1. The fourth-order valence-corrected chi connectivity index (χ4v) is 5.31. The van der Waals surface area contributed by atoms with Gasteiger partial charge in [0.05, 0.1) is 10.6 Å². The summed E-state index contributed by atoms with van der Waals surface area (Å²) in [6, 6.07) is 19.4. The van der Waals surface area contributed by atoms with Gasteiger partial charge < -0.3 is 9.32 Å². The third-order valence-electron chi connectivity index (χ3n) is 6.08. The van der Waals surface area contributed by atoms with Gasteiger partial charge in [0.2, 0.25) is 0 Å². The lowest BCUT2D eigenvalue weighted by molar-refractivity contribution is 0.0678. The molecule has 0 saturated carbocycles. The van der Waals surface area contributed by atoms with Gasteiger partial charge in [-0.05, 0) is 35.9 Å². The Morgan fingerprint density at radius 1 is 1.00 bits per heavy atom. The van der Waals surface area contributed by atoms with Crippen LogP contribution in [0.3, 0.4) is 0 Å². The molecule has 0 bridgehead atoms. The van der Waals surface area contributed by atoms with Gasteiger partial charge in [0.1, 0.15) is 5.58 Å². The monoisotopic (exact) mass is 507 g/mol. The van der Waals surface area contributed by atoms with Crippen LogP contribution in [0.2, 0.25) is 0 Å². The second-order valence-electron chi connectivity index (χ2n) is 8.48. The van der Waals surface area contributed by atoms with Crippen LogP contribution in [0.15, 0.2) is 82.2 Å². The first-order valence-electron chi connectivity index (χ1n) is 11.4. The molecule has 0 radical (unpaired) electrons. The highest BCUT2D eigenvalue weighted by molar-refractivity contribution is 7.92. The van der Waals surface area contributed by atoms with E-state index in [1.165, 1.54) is 35.3 Å². The lowest BCUT2D eigenvalue weighted by Crippen LogP contribution is -2.46. The average Bonchev–Trinajstić information content (AvgIpc) is 3.33. The molecule has 0 atom stereocenters. The summed E-state index contributed by atoms with van der Waals surface area (Å²) >= 11 is 0. The zero-order valence-electron chi connectivity index (χ0n) is 19.3. The van der Waals surface area contributed by atoms with E-state index in [2.05, 4.69) is 31.6 Å². The number of sulfonamides is 1. The maximum Gasteiger partial charge on any atom is 0.310 e. The first-order chi connectivity index (χ1) is 17.4. The molecule has 1 amide bonds. The van der Waals surface area contributed by atoms with Crippen LogP contribution in [0.4, 0.5) is 11.5 Å². The van der Waals surface area contributed by atoms with Crippen molar-refractivity contribution in [1.82, 2.24) is 15.4 Å². The average molecular weight is 508 g/mol. The van der Waals surface area contributed by atoms with E-state index in [-0.39, 0.29) is 16.2 Å². The largest absolute Gasteiger partial charge is 0.451 e. The predicted octanol–water partition coefficient (Wildman–Crippen LogP) is 3.07. The molecule has 0 aliphatic carbocycles. The maximum atomic E-state index is 13.2. The van der Waals surface area contributed by atoms with Crippen LogP contribution in [0.1, 0.15) is 16.1 Å². The highest BCUT2D eigenvalue weighted by atomic mass is 32.2. The van der Waals surface area contributed by atoms with Crippen molar-refractivity contribution in [2.75, 3.05) is 35.8 Å². The third kappa shape index (κ3) is 5.03. The van der Waals surface area contributed by atoms with Gasteiger partial charge in [-0.1, -0.05) is 30.3 Å². The zero-order chi connectivity index (χ0) is 25.1. The van der Waals surface area contributed by atoms with Crippen molar-refractivity contribution in [2.24, 2.45) is 0 Å². The van der Waals surface area contributed by atoms with Crippen LogP contribution < -0.4 is 15.1 Å². The number of carbonyl (C=O) groups is 1. The topological polar surface area (TPSA) is 128 Å². The number of furan rings is 1. The highest BCUT2D eigenvalue weighted by Crippen LogP contribution is 2.29. The quantitative estimate of drug-likeness (QED) is 0.257. The Morgan fingerprint density at radius 2 is 1.78 bits per heavy atom. The van der Waals surface area contributed by atoms with Crippen molar-refractivity contribution in [1.29, 1.82) is 0 Å². The second-order valence-corrected chi connectivity index (χ2v) is 10.2. The summed E-state index contributed by atoms with van der Waals surface area (Å²) in [5.41, 5.74) is 3.34. The van der Waals surface area contributed by atoms with Gasteiger partial charge in [0.15, 0.2) is 11.6 Å². The number of anilines is 2. The van der Waals surface area contributed by atoms with Crippen LogP contribution in [0.25, 0.3) is 11.0 Å². The Kier molecular flexibility index (Phi) is 6.59. The number of hydrogen-bond acceptors (Lipinski definition) is 8. The molecule has 11 heteroatoms. The number of benzene rings is 2. The summed E-state index contributed by atoms with van der Waals surface area (Å²) in [6.45, 7) is 3.96. The zero-order valence-corrected chi connectivity index (χ0v) is 20.1. The van der Waals surface area contributed by atoms with Gasteiger partial charge in [-0.15, -0.1) is 0 Å². The van der Waals surface area contributed by atoms with Gasteiger partial charge in [-0.2, -0.15) is 0 Å². The van der Waals surface area contributed by atoms with Crippen LogP contribution in [-0.2, 0) is 16.6 Å². The SMILES string of the molecule is O=C(NO)c1cc2ccc(S(=O)(=O)Nc3cccnc3N3CCN(Cc4ccccc4)CC3)cc2o1. The first-order valence-corrected chi connectivity index (χ1v) is 12.9. The smallest absolute Gasteiger partial charge is 0.310 e. The standard InChI is InChI=1S/C25H25N5O5S/c31-25(27-32)23-15-19-8-9-20(16-22(19)35-23)36(33,34)28-21-7-4-10-26-24(21)30-13-11-29(12-14-30)17-18-5-2-1-3-6-18/h1-10,15-16,28,32H,11-14,17H2,(H,27,31). The van der Waals surface area contributed by atoms with E-state index < -0.39 is 15.9 Å². The molecule has 1 aliphatic rings. The number of hydroxylamine groups is 1. The van der Waals surface area contributed by atoms with E-state index in [4.69, 9.17) is 9.62 Å². The summed E-state index contributed by atoms with van der Waals surface area (Å²) in [4.78, 5) is 20.5. The summed E-state index contributed by atoms with van der Waals surface area (Å²) in [5, 5.41) is 9.33. The molecule has 186 valence electrons. The minimum atomic E-state index is -3.97. The Labute approximate surface area is 208 Å². The fourth-order valence-electron chi connectivity index (χ4n) is 4.24. The summed E-state index contributed by atoms with van der Waals surface area (Å²) in [6.07, 6.45) is 1.64. The van der Waals surface area contributed by atoms with Crippen molar-refractivity contribution in [2.45, 2.75) is 11.4 Å². The van der Waals surface area contributed by atoms with E-state index in [0.29, 0.717) is 30.0 Å². The maximum absolute atomic E-state index is 13.2. The number of piperazine rings is 1. The molecular formula is C25H25N5O5S. The summed E-state index contributed by atoms with van der Waals surface area (Å²) in [7, 11) is -3.97. The molecule has 4 aromatic rings. The number of nitrogens with one attached hydrogen (secondary N) is 2. The molecule has 3 N–H and O–H groups in total. The Hall–Kier alpha value is -3.93. The van der Waals surface area contributed by atoms with Crippen molar-refractivity contribution in [3.63, 3.8) is 0 Å². The van der Waals surface area contributed by atoms with Crippen molar-refractivity contribution < 1.29 is 22.8 Å². The molecule has 0 spiro atoms. The number of hydrogen-bond donors (Lipinski definition) is 3. The molecule has 1 aliphatic heterocycles. The molecule has 1 saturated heterocycles. The molecule has 0 unspecified atom stereocenters. The minimum absolute atomic E-state index is 0.0252. The Morgan fingerprint density at radius 3 is 2.53 bits per heavy atom. The number of amides is 1. The van der Waals surface area contributed by atoms with Crippen LogP contribution in [-0.4, -0.2) is 55.6 Å². The lowest BCUT2D eigenvalue weighted by atomic mass is 10.2. The normalized spacial score (nSPS) is 14.6. The van der Waals surface area contributed by atoms with Crippen LogP contribution >= 0.6 is 0 Å². The molecule has 2 aromatic heterocycles. The van der Waals surface area contributed by atoms with Crippen LogP contribution in [0, 0.1) is 0 Å². The predicted molar refractivity (Wildman–Crippen MR) is 134 cm³/mol. The first kappa shape index (κ1) is 23.8. The molecule has 36 heavy (non-hydrogen) atoms. The van der Waals surface area contributed by atoms with Gasteiger partial charge in [-0.25, -0.2) is 18.9 Å².